The minimum atomic E-state index is -0.515. The van der Waals surface area contributed by atoms with E-state index in [2.05, 4.69) is 0 Å². The summed E-state index contributed by atoms with van der Waals surface area (Å²) in [6, 6.07) is 3.85. The van der Waals surface area contributed by atoms with Crippen molar-refractivity contribution in [3.8, 4) is 5.75 Å². The number of nitrogens with zero attached hydrogens (tertiary/aromatic N) is 1. The predicted octanol–water partition coefficient (Wildman–Crippen LogP) is 1.86. The maximum Gasteiger partial charge on any atom is 0.277 e. The van der Waals surface area contributed by atoms with Crippen LogP contribution in [-0.4, -0.2) is 31.7 Å². The number of halogens is 1. The first-order valence-corrected chi connectivity index (χ1v) is 4.84. The van der Waals surface area contributed by atoms with Crippen LogP contribution >= 0.6 is 0 Å². The first-order chi connectivity index (χ1) is 7.58. The third-order valence-electron chi connectivity index (χ3n) is 1.99. The van der Waals surface area contributed by atoms with Gasteiger partial charge in [-0.1, -0.05) is 0 Å². The molecule has 16 heavy (non-hydrogen) atoms. The minimum Gasteiger partial charge on any atom is -0.494 e. The summed E-state index contributed by atoms with van der Waals surface area (Å²) in [5, 5.41) is 1.02. The monoisotopic (exact) mass is 227 g/mol. The number of ether oxygens (including phenoxy) is 1. The van der Waals surface area contributed by atoms with Crippen LogP contribution in [0.5, 0.6) is 5.75 Å². The van der Waals surface area contributed by atoms with E-state index in [4.69, 9.17) is 9.57 Å². The van der Waals surface area contributed by atoms with Crippen LogP contribution in [0, 0.1) is 5.82 Å². The van der Waals surface area contributed by atoms with E-state index in [-0.39, 0.29) is 5.56 Å². The van der Waals surface area contributed by atoms with Crippen LogP contribution in [-0.2, 0) is 4.84 Å². The standard InChI is InChI=1S/C11H14FNO3/c1-4-16-10-6-8(5-9(12)7-10)11(14)13(2)15-3/h5-7H,4H2,1-3H3. The van der Waals surface area contributed by atoms with Gasteiger partial charge in [-0.25, -0.2) is 9.45 Å². The van der Waals surface area contributed by atoms with Gasteiger partial charge >= 0.3 is 0 Å². The SMILES string of the molecule is CCOc1cc(F)cc(C(=O)N(C)OC)c1. The van der Waals surface area contributed by atoms with Crippen molar-refractivity contribution in [1.82, 2.24) is 5.06 Å². The zero-order chi connectivity index (χ0) is 12.1. The molecule has 0 heterocycles. The van der Waals surface area contributed by atoms with Gasteiger partial charge in [0.25, 0.3) is 5.91 Å². The van der Waals surface area contributed by atoms with E-state index in [1.807, 2.05) is 0 Å². The average Bonchev–Trinajstić information content (AvgIpc) is 2.26. The molecule has 4 nitrogen and oxygen atoms in total. The van der Waals surface area contributed by atoms with Gasteiger partial charge in [0.15, 0.2) is 0 Å². The molecule has 5 heteroatoms. The average molecular weight is 227 g/mol. The summed E-state index contributed by atoms with van der Waals surface area (Å²) in [5.74, 6) is -0.614. The minimum absolute atomic E-state index is 0.188. The summed E-state index contributed by atoms with van der Waals surface area (Å²) in [6.07, 6.45) is 0. The molecule has 0 unspecified atom stereocenters. The fourth-order valence-electron chi connectivity index (χ4n) is 1.20. The lowest BCUT2D eigenvalue weighted by Crippen LogP contribution is -2.25. The van der Waals surface area contributed by atoms with Crippen LogP contribution in [0.15, 0.2) is 18.2 Å². The highest BCUT2D eigenvalue weighted by Crippen LogP contribution is 2.17. The van der Waals surface area contributed by atoms with Crippen molar-refractivity contribution >= 4 is 5.91 Å². The van der Waals surface area contributed by atoms with E-state index in [1.165, 1.54) is 26.3 Å². The maximum absolute atomic E-state index is 13.2. The summed E-state index contributed by atoms with van der Waals surface area (Å²) >= 11 is 0. The Morgan fingerprint density at radius 2 is 2.12 bits per heavy atom. The third-order valence-corrected chi connectivity index (χ3v) is 1.99. The van der Waals surface area contributed by atoms with Gasteiger partial charge < -0.3 is 4.74 Å². The molecule has 0 aromatic heterocycles. The fourth-order valence-corrected chi connectivity index (χ4v) is 1.20. The molecule has 0 bridgehead atoms. The van der Waals surface area contributed by atoms with Crippen LogP contribution < -0.4 is 4.74 Å². The van der Waals surface area contributed by atoms with Crippen molar-refractivity contribution in [2.75, 3.05) is 20.8 Å². The number of benzene rings is 1. The Balaban J connectivity index is 2.99. The Bertz CT molecular complexity index is 381. The number of hydrogen-bond acceptors (Lipinski definition) is 3. The molecule has 1 aromatic rings. The van der Waals surface area contributed by atoms with Gasteiger partial charge in [0.1, 0.15) is 11.6 Å². The summed E-state index contributed by atoms with van der Waals surface area (Å²) < 4.78 is 18.3. The van der Waals surface area contributed by atoms with E-state index in [0.717, 1.165) is 11.1 Å². The van der Waals surface area contributed by atoms with Crippen LogP contribution in [0.2, 0.25) is 0 Å². The lowest BCUT2D eigenvalue weighted by molar-refractivity contribution is -0.0757. The highest BCUT2D eigenvalue weighted by molar-refractivity contribution is 5.93. The Kier molecular flexibility index (Phi) is 4.25. The van der Waals surface area contributed by atoms with E-state index in [9.17, 15) is 9.18 Å². The largest absolute Gasteiger partial charge is 0.494 e. The Morgan fingerprint density at radius 3 is 2.69 bits per heavy atom. The number of hydroxylamine groups is 2. The van der Waals surface area contributed by atoms with Crippen molar-refractivity contribution in [2.45, 2.75) is 6.92 Å². The molecular formula is C11H14FNO3. The van der Waals surface area contributed by atoms with E-state index >= 15 is 0 Å². The van der Waals surface area contributed by atoms with Gasteiger partial charge in [-0.05, 0) is 19.1 Å². The van der Waals surface area contributed by atoms with Gasteiger partial charge in [0.2, 0.25) is 0 Å². The molecule has 1 rings (SSSR count). The molecule has 0 saturated carbocycles. The van der Waals surface area contributed by atoms with Crippen LogP contribution in [0.25, 0.3) is 0 Å². The summed E-state index contributed by atoms with van der Waals surface area (Å²) in [6.45, 7) is 2.20. The number of carbonyl (C=O) groups is 1. The molecule has 1 amide bonds. The number of amides is 1. The second kappa shape index (κ2) is 5.46. The number of hydrogen-bond donors (Lipinski definition) is 0. The lowest BCUT2D eigenvalue weighted by atomic mass is 10.2. The number of carbonyl (C=O) groups excluding carboxylic acids is 1. The van der Waals surface area contributed by atoms with Crippen molar-refractivity contribution in [3.05, 3.63) is 29.6 Å². The lowest BCUT2D eigenvalue weighted by Gasteiger charge is -2.14. The second-order valence-corrected chi connectivity index (χ2v) is 3.09. The normalized spacial score (nSPS) is 10.0. The zero-order valence-electron chi connectivity index (χ0n) is 9.49. The quantitative estimate of drug-likeness (QED) is 0.737. The van der Waals surface area contributed by atoms with Gasteiger partial charge in [0, 0.05) is 18.7 Å². The topological polar surface area (TPSA) is 38.8 Å². The van der Waals surface area contributed by atoms with Crippen molar-refractivity contribution < 1.29 is 18.8 Å². The predicted molar refractivity (Wildman–Crippen MR) is 56.7 cm³/mol. The van der Waals surface area contributed by atoms with Crippen LogP contribution in [0.3, 0.4) is 0 Å². The first-order valence-electron chi connectivity index (χ1n) is 4.84. The van der Waals surface area contributed by atoms with Crippen molar-refractivity contribution in [1.29, 1.82) is 0 Å². The molecule has 0 fully saturated rings. The molecule has 0 atom stereocenters. The molecule has 0 N–H and O–H groups in total. The summed E-state index contributed by atoms with van der Waals surface area (Å²) in [4.78, 5) is 16.4. The molecular weight excluding hydrogens is 213 g/mol. The summed E-state index contributed by atoms with van der Waals surface area (Å²) in [7, 11) is 2.81. The number of rotatable bonds is 4. The van der Waals surface area contributed by atoms with Crippen LogP contribution in [0.4, 0.5) is 4.39 Å². The van der Waals surface area contributed by atoms with Gasteiger partial charge in [0.05, 0.1) is 13.7 Å². The zero-order valence-corrected chi connectivity index (χ0v) is 9.49. The van der Waals surface area contributed by atoms with Gasteiger partial charge in [-0.2, -0.15) is 0 Å². The molecule has 0 aliphatic carbocycles. The highest BCUT2D eigenvalue weighted by atomic mass is 19.1. The smallest absolute Gasteiger partial charge is 0.277 e. The van der Waals surface area contributed by atoms with Crippen molar-refractivity contribution in [3.63, 3.8) is 0 Å². The molecule has 0 saturated heterocycles. The fraction of sp³-hybridized carbons (Fsp3) is 0.364. The van der Waals surface area contributed by atoms with Gasteiger partial charge in [-0.15, -0.1) is 0 Å². The van der Waals surface area contributed by atoms with E-state index < -0.39 is 11.7 Å². The van der Waals surface area contributed by atoms with E-state index in [1.54, 1.807) is 6.92 Å². The highest BCUT2D eigenvalue weighted by Gasteiger charge is 2.13. The molecule has 0 aliphatic rings. The first kappa shape index (κ1) is 12.4. The molecule has 0 spiro atoms. The second-order valence-electron chi connectivity index (χ2n) is 3.09. The molecule has 88 valence electrons. The summed E-state index contributed by atoms with van der Waals surface area (Å²) in [5.41, 5.74) is 0.188. The van der Waals surface area contributed by atoms with Crippen LogP contribution in [0.1, 0.15) is 17.3 Å². The Hall–Kier alpha value is -1.62. The molecule has 0 radical (unpaired) electrons. The third kappa shape index (κ3) is 2.93. The van der Waals surface area contributed by atoms with Gasteiger partial charge in [-0.3, -0.25) is 9.63 Å². The Morgan fingerprint density at radius 1 is 1.44 bits per heavy atom. The Labute approximate surface area is 93.5 Å². The van der Waals surface area contributed by atoms with Crippen molar-refractivity contribution in [2.24, 2.45) is 0 Å². The maximum atomic E-state index is 13.2. The molecule has 1 aromatic carbocycles. The molecule has 0 aliphatic heterocycles. The van der Waals surface area contributed by atoms with E-state index in [0.29, 0.717) is 12.4 Å².